The van der Waals surface area contributed by atoms with Crippen LogP contribution in [0.15, 0.2) is 30.5 Å². The van der Waals surface area contributed by atoms with E-state index in [1.165, 1.54) is 0 Å². The Bertz CT molecular complexity index is 529. The van der Waals surface area contributed by atoms with Crippen LogP contribution in [0.25, 0.3) is 0 Å². The van der Waals surface area contributed by atoms with Crippen molar-refractivity contribution in [2.75, 3.05) is 24.3 Å². The van der Waals surface area contributed by atoms with Gasteiger partial charge in [0.1, 0.15) is 5.75 Å². The van der Waals surface area contributed by atoms with Crippen molar-refractivity contribution in [3.8, 4) is 5.75 Å². The number of nitrogens with one attached hydrogen (secondary N) is 2. The molecule has 0 bridgehead atoms. The third kappa shape index (κ3) is 4.08. The van der Waals surface area contributed by atoms with Crippen LogP contribution in [0, 0.1) is 0 Å². The second-order valence-electron chi connectivity index (χ2n) is 4.30. The number of unbranched alkanes of at least 4 members (excludes halogenated alkanes) is 1. The summed E-state index contributed by atoms with van der Waals surface area (Å²) in [5.41, 5.74) is 0.887. The second-order valence-corrected chi connectivity index (χ2v) is 4.30. The average molecular weight is 273 g/mol. The molecule has 6 nitrogen and oxygen atoms in total. The van der Waals surface area contributed by atoms with Crippen LogP contribution < -0.4 is 15.4 Å². The Morgan fingerprint density at radius 3 is 2.70 bits per heavy atom. The van der Waals surface area contributed by atoms with Crippen molar-refractivity contribution in [2.24, 2.45) is 0 Å². The fourth-order valence-corrected chi connectivity index (χ4v) is 1.64. The summed E-state index contributed by atoms with van der Waals surface area (Å²) in [5.74, 6) is 2.01. The molecule has 1 aromatic heterocycles. The fraction of sp³-hybridized carbons (Fsp3) is 0.357. The van der Waals surface area contributed by atoms with Gasteiger partial charge in [0.15, 0.2) is 5.82 Å². The Labute approximate surface area is 118 Å². The van der Waals surface area contributed by atoms with Gasteiger partial charge < -0.3 is 15.4 Å². The Morgan fingerprint density at radius 2 is 2.00 bits per heavy atom. The first-order valence-corrected chi connectivity index (χ1v) is 6.66. The van der Waals surface area contributed by atoms with E-state index in [1.807, 2.05) is 24.3 Å². The van der Waals surface area contributed by atoms with E-state index in [2.05, 4.69) is 32.7 Å². The van der Waals surface area contributed by atoms with Crippen LogP contribution in [-0.2, 0) is 0 Å². The van der Waals surface area contributed by atoms with E-state index in [4.69, 9.17) is 4.74 Å². The molecule has 0 amide bonds. The maximum absolute atomic E-state index is 5.11. The molecule has 0 atom stereocenters. The molecule has 2 rings (SSSR count). The number of ether oxygens (including phenoxy) is 1. The Balaban J connectivity index is 1.99. The molecule has 2 aromatic rings. The predicted octanol–water partition coefficient (Wildman–Crippen LogP) is 2.84. The Hall–Kier alpha value is -2.37. The molecule has 0 saturated heterocycles. The number of rotatable bonds is 7. The van der Waals surface area contributed by atoms with Gasteiger partial charge in [-0.05, 0) is 30.7 Å². The monoisotopic (exact) mass is 273 g/mol. The quantitative estimate of drug-likeness (QED) is 0.756. The van der Waals surface area contributed by atoms with Gasteiger partial charge in [0.2, 0.25) is 5.95 Å². The minimum atomic E-state index is 0.469. The first-order valence-electron chi connectivity index (χ1n) is 6.66. The number of benzene rings is 1. The molecular weight excluding hydrogens is 254 g/mol. The van der Waals surface area contributed by atoms with Crippen molar-refractivity contribution in [3.63, 3.8) is 0 Å². The first-order chi connectivity index (χ1) is 9.81. The Morgan fingerprint density at radius 1 is 1.20 bits per heavy atom. The van der Waals surface area contributed by atoms with E-state index in [0.717, 1.165) is 36.6 Å². The van der Waals surface area contributed by atoms with Gasteiger partial charge in [-0.25, -0.2) is 0 Å². The third-order valence-electron chi connectivity index (χ3n) is 2.74. The molecule has 0 aliphatic rings. The molecule has 0 aliphatic carbocycles. The lowest BCUT2D eigenvalue weighted by molar-refractivity contribution is 0.415. The Kier molecular flexibility index (Phi) is 5.11. The molecule has 2 N–H and O–H groups in total. The van der Waals surface area contributed by atoms with Gasteiger partial charge in [-0.2, -0.15) is 10.1 Å². The van der Waals surface area contributed by atoms with Crippen LogP contribution >= 0.6 is 0 Å². The zero-order chi connectivity index (χ0) is 14.2. The number of nitrogens with zero attached hydrogens (tertiary/aromatic N) is 3. The van der Waals surface area contributed by atoms with Gasteiger partial charge in [0, 0.05) is 12.2 Å². The van der Waals surface area contributed by atoms with Crippen molar-refractivity contribution in [3.05, 3.63) is 30.5 Å². The maximum atomic E-state index is 5.11. The van der Waals surface area contributed by atoms with E-state index in [-0.39, 0.29) is 0 Å². The molecular formula is C14H19N5O. The highest BCUT2D eigenvalue weighted by atomic mass is 16.5. The van der Waals surface area contributed by atoms with Gasteiger partial charge in [-0.1, -0.05) is 13.3 Å². The van der Waals surface area contributed by atoms with Crippen LogP contribution in [-0.4, -0.2) is 28.8 Å². The van der Waals surface area contributed by atoms with E-state index < -0.39 is 0 Å². The molecule has 1 heterocycles. The van der Waals surface area contributed by atoms with Crippen LogP contribution in [0.1, 0.15) is 19.8 Å². The van der Waals surface area contributed by atoms with E-state index >= 15 is 0 Å². The molecule has 0 aliphatic heterocycles. The molecule has 0 unspecified atom stereocenters. The van der Waals surface area contributed by atoms with E-state index in [9.17, 15) is 0 Å². The summed E-state index contributed by atoms with van der Waals surface area (Å²) >= 11 is 0. The summed E-state index contributed by atoms with van der Waals surface area (Å²) in [4.78, 5) is 4.36. The summed E-state index contributed by atoms with van der Waals surface area (Å²) in [7, 11) is 1.64. The van der Waals surface area contributed by atoms with Crippen molar-refractivity contribution < 1.29 is 4.74 Å². The molecule has 0 radical (unpaired) electrons. The minimum Gasteiger partial charge on any atom is -0.497 e. The second kappa shape index (κ2) is 7.28. The molecule has 106 valence electrons. The van der Waals surface area contributed by atoms with E-state index in [0.29, 0.717) is 5.95 Å². The van der Waals surface area contributed by atoms with Crippen LogP contribution in [0.4, 0.5) is 17.5 Å². The minimum absolute atomic E-state index is 0.469. The molecule has 6 heteroatoms. The van der Waals surface area contributed by atoms with Gasteiger partial charge in [-0.3, -0.25) is 0 Å². The van der Waals surface area contributed by atoms with Crippen LogP contribution in [0.3, 0.4) is 0 Å². The summed E-state index contributed by atoms with van der Waals surface area (Å²) < 4.78 is 5.11. The summed E-state index contributed by atoms with van der Waals surface area (Å²) in [5, 5.41) is 14.2. The van der Waals surface area contributed by atoms with Gasteiger partial charge in [-0.15, -0.1) is 5.10 Å². The van der Waals surface area contributed by atoms with E-state index in [1.54, 1.807) is 13.3 Å². The smallest absolute Gasteiger partial charge is 0.249 e. The normalized spacial score (nSPS) is 10.1. The molecule has 0 saturated carbocycles. The molecule has 0 spiro atoms. The lowest BCUT2D eigenvalue weighted by Gasteiger charge is -2.07. The van der Waals surface area contributed by atoms with Crippen molar-refractivity contribution in [1.29, 1.82) is 0 Å². The van der Waals surface area contributed by atoms with Gasteiger partial charge >= 0.3 is 0 Å². The number of hydrogen-bond acceptors (Lipinski definition) is 6. The lowest BCUT2D eigenvalue weighted by atomic mass is 10.3. The van der Waals surface area contributed by atoms with Crippen molar-refractivity contribution in [2.45, 2.75) is 19.8 Å². The number of methoxy groups -OCH3 is 1. The molecule has 20 heavy (non-hydrogen) atoms. The zero-order valence-electron chi connectivity index (χ0n) is 11.8. The highest BCUT2D eigenvalue weighted by molar-refractivity contribution is 5.55. The summed E-state index contributed by atoms with van der Waals surface area (Å²) in [6.07, 6.45) is 3.86. The number of aromatic nitrogens is 3. The first kappa shape index (κ1) is 14.0. The SMILES string of the molecule is CCCCNc1cnnc(Nc2ccc(OC)cc2)n1. The summed E-state index contributed by atoms with van der Waals surface area (Å²) in [6, 6.07) is 7.55. The predicted molar refractivity (Wildman–Crippen MR) is 79.5 cm³/mol. The van der Waals surface area contributed by atoms with Crippen LogP contribution in [0.2, 0.25) is 0 Å². The largest absolute Gasteiger partial charge is 0.497 e. The highest BCUT2D eigenvalue weighted by Gasteiger charge is 2.01. The number of anilines is 3. The lowest BCUT2D eigenvalue weighted by Crippen LogP contribution is -2.06. The topological polar surface area (TPSA) is 72.0 Å². The average Bonchev–Trinajstić information content (AvgIpc) is 2.49. The van der Waals surface area contributed by atoms with Crippen molar-refractivity contribution in [1.82, 2.24) is 15.2 Å². The third-order valence-corrected chi connectivity index (χ3v) is 2.74. The maximum Gasteiger partial charge on any atom is 0.249 e. The van der Waals surface area contributed by atoms with Gasteiger partial charge in [0.05, 0.1) is 13.3 Å². The number of hydrogen-bond donors (Lipinski definition) is 2. The highest BCUT2D eigenvalue weighted by Crippen LogP contribution is 2.17. The fourth-order valence-electron chi connectivity index (χ4n) is 1.64. The van der Waals surface area contributed by atoms with Crippen molar-refractivity contribution >= 4 is 17.5 Å². The molecule has 1 aromatic carbocycles. The standard InChI is InChI=1S/C14H19N5O/c1-3-4-9-15-13-10-16-19-14(18-13)17-11-5-7-12(20-2)8-6-11/h5-8,10H,3-4,9H2,1-2H3,(H2,15,17,18,19). The van der Waals surface area contributed by atoms with Gasteiger partial charge in [0.25, 0.3) is 0 Å². The zero-order valence-corrected chi connectivity index (χ0v) is 11.8. The van der Waals surface area contributed by atoms with Crippen LogP contribution in [0.5, 0.6) is 5.75 Å². The summed E-state index contributed by atoms with van der Waals surface area (Å²) in [6.45, 7) is 3.04. The molecule has 0 fully saturated rings.